The van der Waals surface area contributed by atoms with Crippen molar-refractivity contribution >= 4 is 11.6 Å². The summed E-state index contributed by atoms with van der Waals surface area (Å²) in [5, 5.41) is 13.4. The number of amides is 1. The highest BCUT2D eigenvalue weighted by atomic mass is 16.6. The molecule has 0 aliphatic carbocycles. The third-order valence-electron chi connectivity index (χ3n) is 3.92. The lowest BCUT2D eigenvalue weighted by atomic mass is 9.79. The Labute approximate surface area is 122 Å². The second kappa shape index (κ2) is 6.64. The van der Waals surface area contributed by atoms with Crippen molar-refractivity contribution in [1.29, 1.82) is 0 Å². The molecule has 1 aromatic carbocycles. The molecule has 1 aliphatic heterocycles. The average molecular weight is 293 g/mol. The van der Waals surface area contributed by atoms with Crippen molar-refractivity contribution in [3.05, 3.63) is 39.9 Å². The molecule has 7 heteroatoms. The molecule has 114 valence electrons. The number of nitrogens with zero attached hydrogens (tertiary/aromatic N) is 1. The lowest BCUT2D eigenvalue weighted by molar-refractivity contribution is -0.384. The van der Waals surface area contributed by atoms with Gasteiger partial charge in [-0.1, -0.05) is 12.1 Å². The van der Waals surface area contributed by atoms with Crippen molar-refractivity contribution in [3.63, 3.8) is 0 Å². The Hall–Kier alpha value is -1.99. The van der Waals surface area contributed by atoms with Crippen LogP contribution in [0.3, 0.4) is 0 Å². The van der Waals surface area contributed by atoms with Crippen molar-refractivity contribution in [2.45, 2.75) is 19.4 Å². The van der Waals surface area contributed by atoms with Gasteiger partial charge in [-0.3, -0.25) is 14.9 Å². The molecule has 1 heterocycles. The predicted octanol–water partition coefficient (Wildman–Crippen LogP) is 0.966. The molecule has 0 unspecified atom stereocenters. The van der Waals surface area contributed by atoms with Crippen molar-refractivity contribution in [1.82, 2.24) is 5.32 Å². The number of hydrogen-bond acceptors (Lipinski definition) is 5. The number of carbonyl (C=O) groups excluding carboxylic acids is 1. The van der Waals surface area contributed by atoms with Crippen LogP contribution < -0.4 is 11.1 Å². The molecule has 0 spiro atoms. The van der Waals surface area contributed by atoms with Crippen molar-refractivity contribution in [3.8, 4) is 0 Å². The summed E-state index contributed by atoms with van der Waals surface area (Å²) >= 11 is 0. The van der Waals surface area contributed by atoms with Crippen molar-refractivity contribution in [2.75, 3.05) is 19.8 Å². The van der Waals surface area contributed by atoms with Crippen LogP contribution in [0.15, 0.2) is 24.3 Å². The van der Waals surface area contributed by atoms with Crippen LogP contribution in [0.1, 0.15) is 18.4 Å². The highest BCUT2D eigenvalue weighted by Crippen LogP contribution is 2.29. The van der Waals surface area contributed by atoms with E-state index in [0.717, 1.165) is 5.56 Å². The summed E-state index contributed by atoms with van der Waals surface area (Å²) in [7, 11) is 0. The lowest BCUT2D eigenvalue weighted by Gasteiger charge is -2.34. The minimum atomic E-state index is -0.557. The van der Waals surface area contributed by atoms with Crippen LogP contribution in [0.4, 0.5) is 5.69 Å². The molecule has 21 heavy (non-hydrogen) atoms. The Morgan fingerprint density at radius 1 is 1.33 bits per heavy atom. The SMILES string of the molecule is NCC1(C(=O)NCc2ccc([N+](=O)[O-])cc2)CCOCC1. The van der Waals surface area contributed by atoms with Gasteiger partial charge in [-0.15, -0.1) is 0 Å². The van der Waals surface area contributed by atoms with Gasteiger partial charge < -0.3 is 15.8 Å². The zero-order valence-corrected chi connectivity index (χ0v) is 11.7. The van der Waals surface area contributed by atoms with Crippen LogP contribution >= 0.6 is 0 Å². The lowest BCUT2D eigenvalue weighted by Crippen LogP contribution is -2.48. The molecule has 0 atom stereocenters. The van der Waals surface area contributed by atoms with E-state index in [0.29, 0.717) is 39.1 Å². The van der Waals surface area contributed by atoms with Gasteiger partial charge in [-0.05, 0) is 18.4 Å². The summed E-state index contributed by atoms with van der Waals surface area (Å²) in [5.74, 6) is -0.0772. The second-order valence-corrected chi connectivity index (χ2v) is 5.20. The molecule has 0 bridgehead atoms. The van der Waals surface area contributed by atoms with Gasteiger partial charge in [-0.25, -0.2) is 0 Å². The third-order valence-corrected chi connectivity index (χ3v) is 3.92. The number of nitro benzene ring substituents is 1. The van der Waals surface area contributed by atoms with Gasteiger partial charge in [0.25, 0.3) is 5.69 Å². The largest absolute Gasteiger partial charge is 0.381 e. The number of non-ortho nitro benzene ring substituents is 1. The molecule has 1 amide bonds. The maximum Gasteiger partial charge on any atom is 0.269 e. The summed E-state index contributed by atoms with van der Waals surface area (Å²) in [6.07, 6.45) is 1.24. The van der Waals surface area contributed by atoms with Gasteiger partial charge in [0, 0.05) is 38.4 Å². The maximum atomic E-state index is 12.3. The van der Waals surface area contributed by atoms with E-state index in [1.807, 2.05) is 0 Å². The first kappa shape index (κ1) is 15.4. The smallest absolute Gasteiger partial charge is 0.269 e. The summed E-state index contributed by atoms with van der Waals surface area (Å²) in [6.45, 7) is 1.71. The Kier molecular flexibility index (Phi) is 4.87. The molecule has 1 fully saturated rings. The number of hydrogen-bond donors (Lipinski definition) is 2. The molecular formula is C14H19N3O4. The summed E-state index contributed by atoms with van der Waals surface area (Å²) < 4.78 is 5.28. The fourth-order valence-electron chi connectivity index (χ4n) is 2.39. The number of nitro groups is 1. The van der Waals surface area contributed by atoms with E-state index in [9.17, 15) is 14.9 Å². The number of ether oxygens (including phenoxy) is 1. The van der Waals surface area contributed by atoms with Crippen molar-refractivity contribution < 1.29 is 14.5 Å². The van der Waals surface area contributed by atoms with E-state index < -0.39 is 10.3 Å². The zero-order chi connectivity index (χ0) is 15.3. The molecule has 7 nitrogen and oxygen atoms in total. The Balaban J connectivity index is 1.95. The standard InChI is InChI=1S/C14H19N3O4/c15-10-14(5-7-21-8-6-14)13(18)16-9-11-1-3-12(4-2-11)17(19)20/h1-4H,5-10,15H2,(H,16,18). The van der Waals surface area contributed by atoms with Crippen LogP contribution in [0.2, 0.25) is 0 Å². The number of benzene rings is 1. The molecule has 0 radical (unpaired) electrons. The van der Waals surface area contributed by atoms with Crippen LogP contribution in [0.25, 0.3) is 0 Å². The molecule has 1 saturated heterocycles. The van der Waals surface area contributed by atoms with Gasteiger partial charge in [0.2, 0.25) is 5.91 Å². The van der Waals surface area contributed by atoms with Crippen LogP contribution in [-0.2, 0) is 16.1 Å². The Bertz CT molecular complexity index is 509. The predicted molar refractivity (Wildman–Crippen MR) is 76.5 cm³/mol. The molecule has 0 aromatic heterocycles. The number of rotatable bonds is 5. The molecule has 1 aliphatic rings. The molecule has 3 N–H and O–H groups in total. The Morgan fingerprint density at radius 3 is 2.48 bits per heavy atom. The average Bonchev–Trinajstić information content (AvgIpc) is 2.53. The monoisotopic (exact) mass is 293 g/mol. The number of carbonyl (C=O) groups is 1. The van der Waals surface area contributed by atoms with E-state index in [4.69, 9.17) is 10.5 Å². The van der Waals surface area contributed by atoms with E-state index >= 15 is 0 Å². The number of nitrogens with one attached hydrogen (secondary N) is 1. The first-order valence-electron chi connectivity index (χ1n) is 6.87. The fourth-order valence-corrected chi connectivity index (χ4v) is 2.39. The first-order chi connectivity index (χ1) is 10.1. The first-order valence-corrected chi connectivity index (χ1v) is 6.87. The summed E-state index contributed by atoms with van der Waals surface area (Å²) in [6, 6.07) is 6.12. The maximum absolute atomic E-state index is 12.3. The van der Waals surface area contributed by atoms with E-state index in [1.165, 1.54) is 12.1 Å². The zero-order valence-electron chi connectivity index (χ0n) is 11.7. The van der Waals surface area contributed by atoms with Gasteiger partial charge in [0.05, 0.1) is 10.3 Å². The number of nitrogens with two attached hydrogens (primary N) is 1. The van der Waals surface area contributed by atoms with Gasteiger partial charge >= 0.3 is 0 Å². The Morgan fingerprint density at radius 2 is 1.95 bits per heavy atom. The highest BCUT2D eigenvalue weighted by Gasteiger charge is 2.38. The minimum Gasteiger partial charge on any atom is -0.381 e. The quantitative estimate of drug-likeness (QED) is 0.621. The second-order valence-electron chi connectivity index (χ2n) is 5.20. The molecule has 1 aromatic rings. The summed E-state index contributed by atoms with van der Waals surface area (Å²) in [5.41, 5.74) is 6.06. The van der Waals surface area contributed by atoms with E-state index in [-0.39, 0.29) is 11.6 Å². The van der Waals surface area contributed by atoms with Gasteiger partial charge in [0.1, 0.15) is 0 Å². The topological polar surface area (TPSA) is 107 Å². The highest BCUT2D eigenvalue weighted by molar-refractivity contribution is 5.83. The third kappa shape index (κ3) is 3.56. The van der Waals surface area contributed by atoms with Crippen LogP contribution in [-0.4, -0.2) is 30.6 Å². The minimum absolute atomic E-state index is 0.0351. The van der Waals surface area contributed by atoms with Crippen LogP contribution in [0, 0.1) is 15.5 Å². The van der Waals surface area contributed by atoms with Gasteiger partial charge in [-0.2, -0.15) is 0 Å². The molecule has 0 saturated carbocycles. The fraction of sp³-hybridized carbons (Fsp3) is 0.500. The molecule has 2 rings (SSSR count). The van der Waals surface area contributed by atoms with Crippen molar-refractivity contribution in [2.24, 2.45) is 11.1 Å². The van der Waals surface area contributed by atoms with E-state index in [1.54, 1.807) is 12.1 Å². The van der Waals surface area contributed by atoms with Crippen LogP contribution in [0.5, 0.6) is 0 Å². The molecular weight excluding hydrogens is 274 g/mol. The van der Waals surface area contributed by atoms with Gasteiger partial charge in [0.15, 0.2) is 0 Å². The summed E-state index contributed by atoms with van der Waals surface area (Å²) in [4.78, 5) is 22.5. The van der Waals surface area contributed by atoms with E-state index in [2.05, 4.69) is 5.32 Å². The normalized spacial score (nSPS) is 17.2.